The minimum absolute atomic E-state index is 0.323. The Kier molecular flexibility index (Phi) is 5.42. The van der Waals surface area contributed by atoms with Gasteiger partial charge in [-0.15, -0.1) is 0 Å². The van der Waals surface area contributed by atoms with Crippen LogP contribution in [0.1, 0.15) is 30.6 Å². The summed E-state index contributed by atoms with van der Waals surface area (Å²) in [5.41, 5.74) is 1.79. The van der Waals surface area contributed by atoms with Crippen LogP contribution in [0.25, 0.3) is 10.9 Å². The molecule has 2 rings (SSSR count). The Morgan fingerprint density at radius 1 is 1.43 bits per heavy atom. The van der Waals surface area contributed by atoms with Gasteiger partial charge in [0.1, 0.15) is 5.56 Å². The summed E-state index contributed by atoms with van der Waals surface area (Å²) in [5, 5.41) is 4.62. The van der Waals surface area contributed by atoms with Gasteiger partial charge in [-0.25, -0.2) is 4.79 Å². The van der Waals surface area contributed by atoms with Gasteiger partial charge in [-0.2, -0.15) is 0 Å². The third-order valence-corrected chi connectivity index (χ3v) is 3.68. The van der Waals surface area contributed by atoms with Crippen molar-refractivity contribution in [2.24, 2.45) is 0 Å². The largest absolute Gasteiger partial charge is 0.462 e. The molecule has 0 bridgehead atoms. The highest BCUT2D eigenvalue weighted by molar-refractivity contribution is 9.10. The summed E-state index contributed by atoms with van der Waals surface area (Å²) in [6.07, 6.45) is 2.45. The van der Waals surface area contributed by atoms with Gasteiger partial charge in [-0.1, -0.05) is 34.5 Å². The lowest BCUT2D eigenvalue weighted by atomic mass is 10.1. The Labute approximate surface area is 137 Å². The van der Waals surface area contributed by atoms with Crippen LogP contribution in [0.4, 0.5) is 5.69 Å². The average molecular weight is 372 g/mol. The first-order valence-electron chi connectivity index (χ1n) is 6.77. The van der Waals surface area contributed by atoms with E-state index in [1.807, 2.05) is 6.07 Å². The molecule has 112 valence electrons. The monoisotopic (exact) mass is 370 g/mol. The molecule has 0 spiro atoms. The van der Waals surface area contributed by atoms with Crippen LogP contribution in [0.3, 0.4) is 0 Å². The SMILES string of the molecule is CCCNc1c(C(=O)OCC)cnc2c(Cl)cc(Br)cc12. The minimum atomic E-state index is -0.387. The van der Waals surface area contributed by atoms with Gasteiger partial charge >= 0.3 is 5.97 Å². The Balaban J connectivity index is 2.66. The molecule has 0 saturated heterocycles. The summed E-state index contributed by atoms with van der Waals surface area (Å²) in [6, 6.07) is 3.68. The second-order valence-corrected chi connectivity index (χ2v) is 5.80. The molecule has 1 aromatic heterocycles. The Morgan fingerprint density at radius 3 is 2.86 bits per heavy atom. The first-order valence-corrected chi connectivity index (χ1v) is 7.94. The third-order valence-electron chi connectivity index (χ3n) is 2.94. The molecule has 6 heteroatoms. The first-order chi connectivity index (χ1) is 10.1. The molecule has 0 atom stereocenters. The number of benzene rings is 1. The number of ether oxygens (including phenoxy) is 1. The number of anilines is 1. The predicted octanol–water partition coefficient (Wildman–Crippen LogP) is 4.65. The molecule has 0 saturated carbocycles. The van der Waals surface area contributed by atoms with Gasteiger partial charge in [0.15, 0.2) is 0 Å². The van der Waals surface area contributed by atoms with E-state index in [4.69, 9.17) is 16.3 Å². The quantitative estimate of drug-likeness (QED) is 0.777. The molecule has 0 aliphatic carbocycles. The van der Waals surface area contributed by atoms with Crippen molar-refractivity contribution in [1.29, 1.82) is 0 Å². The van der Waals surface area contributed by atoms with Crippen molar-refractivity contribution in [1.82, 2.24) is 4.98 Å². The van der Waals surface area contributed by atoms with Crippen molar-refractivity contribution in [2.75, 3.05) is 18.5 Å². The summed E-state index contributed by atoms with van der Waals surface area (Å²) in [5.74, 6) is -0.387. The fourth-order valence-corrected chi connectivity index (χ4v) is 2.89. The topological polar surface area (TPSA) is 51.2 Å². The molecule has 4 nitrogen and oxygen atoms in total. The number of halogens is 2. The fraction of sp³-hybridized carbons (Fsp3) is 0.333. The van der Waals surface area contributed by atoms with Crippen molar-refractivity contribution < 1.29 is 9.53 Å². The number of hydrogen-bond acceptors (Lipinski definition) is 4. The molecule has 2 aromatic rings. The highest BCUT2D eigenvalue weighted by Crippen LogP contribution is 2.33. The van der Waals surface area contributed by atoms with Crippen molar-refractivity contribution >= 4 is 50.1 Å². The second kappa shape index (κ2) is 7.09. The number of carbonyl (C=O) groups is 1. The van der Waals surface area contributed by atoms with Crippen LogP contribution in [-0.4, -0.2) is 24.1 Å². The number of esters is 1. The van der Waals surface area contributed by atoms with Crippen LogP contribution >= 0.6 is 27.5 Å². The van der Waals surface area contributed by atoms with Gasteiger partial charge in [0, 0.05) is 22.6 Å². The maximum absolute atomic E-state index is 12.1. The van der Waals surface area contributed by atoms with Gasteiger partial charge in [-0.05, 0) is 25.5 Å². The molecule has 0 amide bonds. The normalized spacial score (nSPS) is 10.7. The molecule has 21 heavy (non-hydrogen) atoms. The number of pyridine rings is 1. The van der Waals surface area contributed by atoms with Gasteiger partial charge in [0.2, 0.25) is 0 Å². The van der Waals surface area contributed by atoms with E-state index in [9.17, 15) is 4.79 Å². The summed E-state index contributed by atoms with van der Waals surface area (Å²) >= 11 is 9.65. The lowest BCUT2D eigenvalue weighted by molar-refractivity contribution is 0.0527. The van der Waals surface area contributed by atoms with Crippen molar-refractivity contribution in [3.63, 3.8) is 0 Å². The highest BCUT2D eigenvalue weighted by atomic mass is 79.9. The second-order valence-electron chi connectivity index (χ2n) is 4.48. The Morgan fingerprint density at radius 2 is 2.19 bits per heavy atom. The van der Waals surface area contributed by atoms with E-state index in [0.717, 1.165) is 22.8 Å². The molecule has 1 N–H and O–H groups in total. The molecule has 0 aliphatic heterocycles. The van der Waals surface area contributed by atoms with E-state index in [0.29, 0.717) is 28.4 Å². The molecule has 0 radical (unpaired) electrons. The molecule has 1 aromatic carbocycles. The van der Waals surface area contributed by atoms with Gasteiger partial charge in [-0.3, -0.25) is 4.98 Å². The van der Waals surface area contributed by atoms with Crippen LogP contribution < -0.4 is 5.32 Å². The molecule has 0 fully saturated rings. The lowest BCUT2D eigenvalue weighted by Crippen LogP contribution is -2.11. The van der Waals surface area contributed by atoms with Crippen LogP contribution in [0.5, 0.6) is 0 Å². The Hall–Kier alpha value is -1.33. The zero-order chi connectivity index (χ0) is 15.4. The zero-order valence-corrected chi connectivity index (χ0v) is 14.2. The van der Waals surface area contributed by atoms with Crippen LogP contribution in [0.2, 0.25) is 5.02 Å². The number of fused-ring (bicyclic) bond motifs is 1. The number of nitrogens with zero attached hydrogens (tertiary/aromatic N) is 1. The van der Waals surface area contributed by atoms with Gasteiger partial charge < -0.3 is 10.1 Å². The predicted molar refractivity (Wildman–Crippen MR) is 89.2 cm³/mol. The molecule has 0 unspecified atom stereocenters. The number of nitrogens with one attached hydrogen (secondary N) is 1. The van der Waals surface area contributed by atoms with E-state index < -0.39 is 0 Å². The van der Waals surface area contributed by atoms with Crippen molar-refractivity contribution in [2.45, 2.75) is 20.3 Å². The maximum atomic E-state index is 12.1. The number of carbonyl (C=O) groups excluding carboxylic acids is 1. The molecule has 0 aliphatic rings. The molecular formula is C15H16BrClN2O2. The van der Waals surface area contributed by atoms with E-state index in [1.165, 1.54) is 6.20 Å². The van der Waals surface area contributed by atoms with E-state index in [1.54, 1.807) is 13.0 Å². The first kappa shape index (κ1) is 16.0. The maximum Gasteiger partial charge on any atom is 0.341 e. The van der Waals surface area contributed by atoms with Crippen molar-refractivity contribution in [3.8, 4) is 0 Å². The number of aromatic nitrogens is 1. The molecular weight excluding hydrogens is 356 g/mol. The van der Waals surface area contributed by atoms with Crippen LogP contribution in [-0.2, 0) is 4.74 Å². The molecule has 1 heterocycles. The van der Waals surface area contributed by atoms with Crippen LogP contribution in [0, 0.1) is 0 Å². The standard InChI is InChI=1S/C15H16BrClN2O2/c1-3-5-18-13-10-6-9(16)7-12(17)14(10)19-8-11(13)15(20)21-4-2/h6-8H,3-5H2,1-2H3,(H,18,19). The van der Waals surface area contributed by atoms with E-state index in [-0.39, 0.29) is 5.97 Å². The highest BCUT2D eigenvalue weighted by Gasteiger charge is 2.18. The fourth-order valence-electron chi connectivity index (χ4n) is 2.03. The summed E-state index contributed by atoms with van der Waals surface area (Å²) in [6.45, 7) is 4.90. The summed E-state index contributed by atoms with van der Waals surface area (Å²) < 4.78 is 5.93. The minimum Gasteiger partial charge on any atom is -0.462 e. The third kappa shape index (κ3) is 3.47. The Bertz CT molecular complexity index is 676. The zero-order valence-electron chi connectivity index (χ0n) is 11.9. The summed E-state index contributed by atoms with van der Waals surface area (Å²) in [7, 11) is 0. The lowest BCUT2D eigenvalue weighted by Gasteiger charge is -2.14. The smallest absolute Gasteiger partial charge is 0.341 e. The van der Waals surface area contributed by atoms with Crippen LogP contribution in [0.15, 0.2) is 22.8 Å². The number of rotatable bonds is 5. The summed E-state index contributed by atoms with van der Waals surface area (Å²) in [4.78, 5) is 16.4. The average Bonchev–Trinajstić information content (AvgIpc) is 2.44. The van der Waals surface area contributed by atoms with E-state index >= 15 is 0 Å². The van der Waals surface area contributed by atoms with Crippen molar-refractivity contribution in [3.05, 3.63) is 33.4 Å². The van der Waals surface area contributed by atoms with E-state index in [2.05, 4.69) is 33.2 Å². The van der Waals surface area contributed by atoms with Gasteiger partial charge in [0.05, 0.1) is 22.8 Å². The van der Waals surface area contributed by atoms with Gasteiger partial charge in [0.25, 0.3) is 0 Å². The number of hydrogen-bond donors (Lipinski definition) is 1.